The molecule has 0 aromatic heterocycles. The molecule has 0 unspecified atom stereocenters. The fourth-order valence-electron chi connectivity index (χ4n) is 1.04. The molecule has 0 aliphatic heterocycles. The molecule has 1 aromatic rings. The van der Waals surface area contributed by atoms with Crippen LogP contribution in [0.3, 0.4) is 0 Å². The maximum atomic E-state index is 11.5. The first-order valence-corrected chi connectivity index (χ1v) is 6.86. The number of nitrogens with one attached hydrogen (secondary N) is 2. The number of nitrogens with zero attached hydrogens (tertiary/aromatic N) is 1. The first-order chi connectivity index (χ1) is 8.33. The van der Waals surface area contributed by atoms with Crippen LogP contribution in [0.15, 0.2) is 24.3 Å². The lowest BCUT2D eigenvalue weighted by atomic mass is 10.3. The molecule has 0 aliphatic rings. The van der Waals surface area contributed by atoms with Crippen LogP contribution in [-0.4, -0.2) is 39.3 Å². The molecule has 18 heavy (non-hydrogen) atoms. The molecule has 0 spiro atoms. The standard InChI is InChI=1S/C10H14ClN3O3S/c1-14(2)18(16,17)12-7-10(15)13-9-6-4-3-5-8(9)11/h3-6,12H,7H2,1-2H3,(H,13,15). The Kier molecular flexibility index (Phi) is 5.09. The van der Waals surface area contributed by atoms with Crippen LogP contribution in [0.4, 0.5) is 5.69 Å². The van der Waals surface area contributed by atoms with Gasteiger partial charge in [-0.1, -0.05) is 23.7 Å². The van der Waals surface area contributed by atoms with Gasteiger partial charge in [-0.3, -0.25) is 4.79 Å². The summed E-state index contributed by atoms with van der Waals surface area (Å²) in [5.41, 5.74) is 0.438. The third kappa shape index (κ3) is 4.26. The van der Waals surface area contributed by atoms with E-state index in [1.54, 1.807) is 24.3 Å². The van der Waals surface area contributed by atoms with Crippen molar-refractivity contribution in [1.29, 1.82) is 0 Å². The van der Waals surface area contributed by atoms with E-state index in [1.165, 1.54) is 14.1 Å². The molecule has 1 rings (SSSR count). The Morgan fingerprint density at radius 3 is 2.50 bits per heavy atom. The maximum Gasteiger partial charge on any atom is 0.279 e. The van der Waals surface area contributed by atoms with E-state index in [9.17, 15) is 13.2 Å². The molecule has 2 N–H and O–H groups in total. The molecule has 0 fully saturated rings. The smallest absolute Gasteiger partial charge is 0.279 e. The van der Waals surface area contributed by atoms with Crippen LogP contribution < -0.4 is 10.0 Å². The van der Waals surface area contributed by atoms with Gasteiger partial charge in [0, 0.05) is 14.1 Å². The van der Waals surface area contributed by atoms with Crippen molar-refractivity contribution >= 4 is 33.4 Å². The zero-order valence-electron chi connectivity index (χ0n) is 9.97. The van der Waals surface area contributed by atoms with Gasteiger partial charge in [0.05, 0.1) is 17.3 Å². The minimum absolute atomic E-state index is 0.355. The molecule has 0 atom stereocenters. The van der Waals surface area contributed by atoms with Crippen molar-refractivity contribution in [2.45, 2.75) is 0 Å². The molecule has 0 saturated heterocycles. The van der Waals surface area contributed by atoms with Crippen molar-refractivity contribution in [2.24, 2.45) is 0 Å². The number of rotatable bonds is 5. The average molecular weight is 292 g/mol. The monoisotopic (exact) mass is 291 g/mol. The number of carbonyl (C=O) groups is 1. The Bertz CT molecular complexity index is 531. The molecule has 0 saturated carbocycles. The first kappa shape index (κ1) is 14.9. The highest BCUT2D eigenvalue weighted by atomic mass is 35.5. The third-order valence-electron chi connectivity index (χ3n) is 2.04. The number of carbonyl (C=O) groups excluding carboxylic acids is 1. The number of amides is 1. The van der Waals surface area contributed by atoms with Crippen LogP contribution in [0.2, 0.25) is 5.02 Å². The molecule has 0 bridgehead atoms. The molecular formula is C10H14ClN3O3S. The van der Waals surface area contributed by atoms with Crippen LogP contribution in [-0.2, 0) is 15.0 Å². The number of halogens is 1. The second-order valence-corrected chi connectivity index (χ2v) is 6.01. The summed E-state index contributed by atoms with van der Waals surface area (Å²) < 4.78 is 25.8. The molecule has 100 valence electrons. The van der Waals surface area contributed by atoms with Gasteiger partial charge < -0.3 is 5.32 Å². The van der Waals surface area contributed by atoms with Crippen LogP contribution in [0, 0.1) is 0 Å². The summed E-state index contributed by atoms with van der Waals surface area (Å²) in [5.74, 6) is -0.492. The predicted molar refractivity (Wildman–Crippen MR) is 70.7 cm³/mol. The summed E-state index contributed by atoms with van der Waals surface area (Å²) in [6.45, 7) is -0.355. The summed E-state index contributed by atoms with van der Waals surface area (Å²) in [6.07, 6.45) is 0. The normalized spacial score (nSPS) is 11.6. The molecule has 1 aromatic carbocycles. The van der Waals surface area contributed by atoms with Crippen molar-refractivity contribution in [3.8, 4) is 0 Å². The highest BCUT2D eigenvalue weighted by Crippen LogP contribution is 2.19. The maximum absolute atomic E-state index is 11.5. The highest BCUT2D eigenvalue weighted by Gasteiger charge is 2.14. The van der Waals surface area contributed by atoms with Crippen molar-refractivity contribution in [2.75, 3.05) is 26.0 Å². The van der Waals surface area contributed by atoms with Crippen molar-refractivity contribution < 1.29 is 13.2 Å². The quantitative estimate of drug-likeness (QED) is 0.837. The van der Waals surface area contributed by atoms with Gasteiger partial charge >= 0.3 is 0 Å². The first-order valence-electron chi connectivity index (χ1n) is 5.04. The topological polar surface area (TPSA) is 78.5 Å². The Balaban J connectivity index is 2.56. The van der Waals surface area contributed by atoms with Gasteiger partial charge in [-0.25, -0.2) is 0 Å². The van der Waals surface area contributed by atoms with Crippen molar-refractivity contribution in [3.05, 3.63) is 29.3 Å². The van der Waals surface area contributed by atoms with Crippen LogP contribution in [0.25, 0.3) is 0 Å². The predicted octanol–water partition coefficient (Wildman–Crippen LogP) is 0.675. The fourth-order valence-corrected chi connectivity index (χ4v) is 1.80. The third-order valence-corrected chi connectivity index (χ3v) is 3.84. The van der Waals surface area contributed by atoms with Gasteiger partial charge in [-0.15, -0.1) is 0 Å². The zero-order chi connectivity index (χ0) is 13.8. The molecule has 6 nitrogen and oxygen atoms in total. The van der Waals surface area contributed by atoms with E-state index in [0.717, 1.165) is 4.31 Å². The van der Waals surface area contributed by atoms with E-state index in [2.05, 4.69) is 10.0 Å². The van der Waals surface area contributed by atoms with E-state index in [-0.39, 0.29) is 6.54 Å². The number of hydrogen-bond donors (Lipinski definition) is 2. The van der Waals surface area contributed by atoms with E-state index in [1.807, 2.05) is 0 Å². The minimum atomic E-state index is -3.61. The van der Waals surface area contributed by atoms with E-state index < -0.39 is 16.1 Å². The molecule has 0 radical (unpaired) electrons. The number of benzene rings is 1. The lowest BCUT2D eigenvalue weighted by Crippen LogP contribution is -2.40. The molecular weight excluding hydrogens is 278 g/mol. The summed E-state index contributed by atoms with van der Waals surface area (Å²) in [4.78, 5) is 11.5. The molecule has 0 aliphatic carbocycles. The Morgan fingerprint density at radius 1 is 1.33 bits per heavy atom. The van der Waals surface area contributed by atoms with Gasteiger partial charge in [0.15, 0.2) is 0 Å². The minimum Gasteiger partial charge on any atom is -0.324 e. The summed E-state index contributed by atoms with van der Waals surface area (Å²) >= 11 is 5.85. The number of hydrogen-bond acceptors (Lipinski definition) is 3. The van der Waals surface area contributed by atoms with Gasteiger partial charge in [0.25, 0.3) is 10.2 Å². The number of anilines is 1. The van der Waals surface area contributed by atoms with Crippen molar-refractivity contribution in [3.63, 3.8) is 0 Å². The largest absolute Gasteiger partial charge is 0.324 e. The Labute approximate surface area is 111 Å². The lowest BCUT2D eigenvalue weighted by molar-refractivity contribution is -0.115. The van der Waals surface area contributed by atoms with Gasteiger partial charge in [-0.05, 0) is 12.1 Å². The Hall–Kier alpha value is -1.15. The van der Waals surface area contributed by atoms with Crippen LogP contribution in [0.5, 0.6) is 0 Å². The van der Waals surface area contributed by atoms with E-state index >= 15 is 0 Å². The van der Waals surface area contributed by atoms with Gasteiger partial charge in [0.2, 0.25) is 5.91 Å². The number of para-hydroxylation sites is 1. The fraction of sp³-hybridized carbons (Fsp3) is 0.300. The van der Waals surface area contributed by atoms with E-state index in [4.69, 9.17) is 11.6 Å². The average Bonchev–Trinajstić information content (AvgIpc) is 2.29. The van der Waals surface area contributed by atoms with Gasteiger partial charge in [0.1, 0.15) is 0 Å². The molecule has 8 heteroatoms. The Morgan fingerprint density at radius 2 is 1.94 bits per heavy atom. The second kappa shape index (κ2) is 6.14. The zero-order valence-corrected chi connectivity index (χ0v) is 11.5. The SMILES string of the molecule is CN(C)S(=O)(=O)NCC(=O)Nc1ccccc1Cl. The van der Waals surface area contributed by atoms with Crippen LogP contribution >= 0.6 is 11.6 Å². The molecule has 0 heterocycles. The van der Waals surface area contributed by atoms with Crippen molar-refractivity contribution in [1.82, 2.24) is 9.03 Å². The molecule has 1 amide bonds. The second-order valence-electron chi connectivity index (χ2n) is 3.64. The highest BCUT2D eigenvalue weighted by molar-refractivity contribution is 7.87. The summed E-state index contributed by atoms with van der Waals surface area (Å²) in [7, 11) is -0.867. The van der Waals surface area contributed by atoms with Crippen LogP contribution in [0.1, 0.15) is 0 Å². The summed E-state index contributed by atoms with van der Waals surface area (Å²) in [5, 5.41) is 2.90. The summed E-state index contributed by atoms with van der Waals surface area (Å²) in [6, 6.07) is 6.69. The van der Waals surface area contributed by atoms with E-state index in [0.29, 0.717) is 10.7 Å². The lowest BCUT2D eigenvalue weighted by Gasteiger charge is -2.12. The van der Waals surface area contributed by atoms with Gasteiger partial charge in [-0.2, -0.15) is 17.4 Å².